The lowest BCUT2D eigenvalue weighted by molar-refractivity contribution is -0.130. The average molecular weight is 353 g/mol. The molecule has 0 radical (unpaired) electrons. The number of halogens is 1. The minimum Gasteiger partial charge on any atom is -0.378 e. The van der Waals surface area contributed by atoms with Gasteiger partial charge in [-0.15, -0.1) is 11.3 Å². The number of alkyl halides is 1. The molecule has 2 aliphatic heterocycles. The number of carbonyl (C=O) groups excluding carboxylic acids is 1. The summed E-state index contributed by atoms with van der Waals surface area (Å²) in [7, 11) is 0. The maximum Gasteiger partial charge on any atom is 0.225 e. The number of aryl methyl sites for hydroxylation is 1. The Hall–Kier alpha value is -1.21. The van der Waals surface area contributed by atoms with Crippen LogP contribution in [0.4, 0.5) is 9.52 Å². The van der Waals surface area contributed by atoms with E-state index in [4.69, 9.17) is 9.72 Å². The Morgan fingerprint density at radius 2 is 2.12 bits per heavy atom. The van der Waals surface area contributed by atoms with Crippen molar-refractivity contribution >= 4 is 22.4 Å². The molecular weight excluding hydrogens is 329 g/mol. The largest absolute Gasteiger partial charge is 0.378 e. The van der Waals surface area contributed by atoms with Crippen LogP contribution in [0.5, 0.6) is 0 Å². The van der Waals surface area contributed by atoms with Crippen LogP contribution in [0.25, 0.3) is 0 Å². The van der Waals surface area contributed by atoms with Gasteiger partial charge < -0.3 is 14.5 Å². The van der Waals surface area contributed by atoms with E-state index in [-0.39, 0.29) is 17.7 Å². The number of morpholine rings is 1. The fourth-order valence-electron chi connectivity index (χ4n) is 4.24. The summed E-state index contributed by atoms with van der Waals surface area (Å²) in [6.07, 6.45) is 4.31. The van der Waals surface area contributed by atoms with E-state index in [2.05, 4.69) is 4.90 Å². The number of thiazole rings is 1. The maximum atomic E-state index is 12.5. The number of aromatic nitrogens is 1. The topological polar surface area (TPSA) is 45.7 Å². The molecule has 1 aromatic heterocycles. The van der Waals surface area contributed by atoms with Gasteiger partial charge in [-0.25, -0.2) is 4.98 Å². The van der Waals surface area contributed by atoms with Crippen LogP contribution in [0.1, 0.15) is 36.3 Å². The lowest BCUT2D eigenvalue weighted by atomic mass is 9.74. The van der Waals surface area contributed by atoms with Gasteiger partial charge in [0.2, 0.25) is 5.91 Å². The highest BCUT2D eigenvalue weighted by Gasteiger charge is 2.46. The summed E-state index contributed by atoms with van der Waals surface area (Å²) in [4.78, 5) is 22.7. The molecule has 7 heteroatoms. The molecule has 3 heterocycles. The first-order valence-corrected chi connectivity index (χ1v) is 9.70. The van der Waals surface area contributed by atoms with E-state index in [1.807, 2.05) is 16.2 Å². The zero-order valence-corrected chi connectivity index (χ0v) is 14.7. The number of amides is 1. The molecule has 0 aromatic carbocycles. The van der Waals surface area contributed by atoms with Crippen LogP contribution in [0.15, 0.2) is 0 Å². The Morgan fingerprint density at radius 1 is 1.29 bits per heavy atom. The van der Waals surface area contributed by atoms with E-state index >= 15 is 0 Å². The number of likely N-dealkylation sites (tertiary alicyclic amines) is 1. The fourth-order valence-corrected chi connectivity index (χ4v) is 5.51. The minimum absolute atomic E-state index is 0.000588. The molecule has 5 nitrogen and oxygen atoms in total. The number of carbonyl (C=O) groups is 1. The average Bonchev–Trinajstić information content (AvgIpc) is 3.22. The molecule has 2 saturated heterocycles. The SMILES string of the molecule is O=C(CCF)N1CCC2(CCCc3sc(N4CCOCC4)nc32)C1. The number of rotatable bonds is 3. The fraction of sp³-hybridized carbons (Fsp3) is 0.765. The molecule has 3 aliphatic rings. The number of anilines is 1. The summed E-state index contributed by atoms with van der Waals surface area (Å²) >= 11 is 1.82. The van der Waals surface area contributed by atoms with Crippen molar-refractivity contribution in [1.82, 2.24) is 9.88 Å². The Kier molecular flexibility index (Phi) is 4.47. The molecule has 1 spiro atoms. The number of hydrogen-bond donors (Lipinski definition) is 0. The van der Waals surface area contributed by atoms with Crippen molar-refractivity contribution in [3.8, 4) is 0 Å². The van der Waals surface area contributed by atoms with Gasteiger partial charge in [0.25, 0.3) is 0 Å². The first kappa shape index (κ1) is 16.3. The molecule has 1 aliphatic carbocycles. The summed E-state index contributed by atoms with van der Waals surface area (Å²) in [5, 5.41) is 1.11. The van der Waals surface area contributed by atoms with Crippen LogP contribution in [0.2, 0.25) is 0 Å². The van der Waals surface area contributed by atoms with Crippen LogP contribution in [0, 0.1) is 0 Å². The van der Waals surface area contributed by atoms with E-state index in [0.29, 0.717) is 6.54 Å². The van der Waals surface area contributed by atoms with E-state index in [0.717, 1.165) is 63.7 Å². The highest BCUT2D eigenvalue weighted by molar-refractivity contribution is 7.15. The third-order valence-electron chi connectivity index (χ3n) is 5.54. The van der Waals surface area contributed by atoms with Gasteiger partial charge in [-0.1, -0.05) is 0 Å². The van der Waals surface area contributed by atoms with Gasteiger partial charge in [0.1, 0.15) is 0 Å². The van der Waals surface area contributed by atoms with Crippen molar-refractivity contribution < 1.29 is 13.9 Å². The van der Waals surface area contributed by atoms with Crippen LogP contribution in [-0.2, 0) is 21.4 Å². The van der Waals surface area contributed by atoms with E-state index < -0.39 is 6.67 Å². The normalized spacial score (nSPS) is 26.9. The third-order valence-corrected chi connectivity index (χ3v) is 6.72. The van der Waals surface area contributed by atoms with Gasteiger partial charge in [0.15, 0.2) is 5.13 Å². The molecule has 2 fully saturated rings. The highest BCUT2D eigenvalue weighted by atomic mass is 32.1. The second-order valence-corrected chi connectivity index (χ2v) is 8.07. The van der Waals surface area contributed by atoms with Crippen molar-refractivity contribution in [3.05, 3.63) is 10.6 Å². The van der Waals surface area contributed by atoms with Crippen molar-refractivity contribution in [2.24, 2.45) is 0 Å². The van der Waals surface area contributed by atoms with E-state index in [1.165, 1.54) is 10.6 Å². The second-order valence-electron chi connectivity index (χ2n) is 7.01. The van der Waals surface area contributed by atoms with Crippen molar-refractivity contribution in [1.29, 1.82) is 0 Å². The zero-order chi connectivity index (χ0) is 16.6. The molecule has 24 heavy (non-hydrogen) atoms. The number of fused-ring (bicyclic) bond motifs is 2. The number of ether oxygens (including phenoxy) is 1. The Morgan fingerprint density at radius 3 is 2.92 bits per heavy atom. The van der Waals surface area contributed by atoms with Gasteiger partial charge in [-0.2, -0.15) is 0 Å². The Bertz CT molecular complexity index is 617. The van der Waals surface area contributed by atoms with Gasteiger partial charge in [-0.3, -0.25) is 9.18 Å². The van der Waals surface area contributed by atoms with Gasteiger partial charge in [0.05, 0.1) is 32.0 Å². The van der Waals surface area contributed by atoms with Crippen LogP contribution in [0.3, 0.4) is 0 Å². The number of nitrogens with zero attached hydrogens (tertiary/aromatic N) is 3. The van der Waals surface area contributed by atoms with Crippen molar-refractivity contribution in [2.75, 3.05) is 51.0 Å². The van der Waals surface area contributed by atoms with Crippen LogP contribution >= 0.6 is 11.3 Å². The summed E-state index contributed by atoms with van der Waals surface area (Å²) in [5.74, 6) is -0.0508. The predicted molar refractivity (Wildman–Crippen MR) is 91.6 cm³/mol. The van der Waals surface area contributed by atoms with Gasteiger partial charge >= 0.3 is 0 Å². The molecular formula is C17H24FN3O2S. The molecule has 1 unspecified atom stereocenters. The van der Waals surface area contributed by atoms with E-state index in [1.54, 1.807) is 0 Å². The maximum absolute atomic E-state index is 12.5. The minimum atomic E-state index is -0.564. The quantitative estimate of drug-likeness (QED) is 0.835. The van der Waals surface area contributed by atoms with Crippen LogP contribution in [-0.4, -0.2) is 61.9 Å². The lowest BCUT2D eigenvalue weighted by Crippen LogP contribution is -2.38. The summed E-state index contributed by atoms with van der Waals surface area (Å²) in [6.45, 7) is 4.22. The van der Waals surface area contributed by atoms with E-state index in [9.17, 15) is 9.18 Å². The second kappa shape index (κ2) is 6.59. The first-order chi connectivity index (χ1) is 11.7. The van der Waals surface area contributed by atoms with Gasteiger partial charge in [0, 0.05) is 36.5 Å². The molecule has 1 amide bonds. The third kappa shape index (κ3) is 2.81. The molecule has 4 rings (SSSR count). The molecule has 1 aromatic rings. The molecule has 1 atom stereocenters. The monoisotopic (exact) mass is 353 g/mol. The predicted octanol–water partition coefficient (Wildman–Crippen LogP) is 2.15. The van der Waals surface area contributed by atoms with Crippen LogP contribution < -0.4 is 4.90 Å². The molecule has 0 saturated carbocycles. The highest BCUT2D eigenvalue weighted by Crippen LogP contribution is 2.47. The Balaban J connectivity index is 1.57. The van der Waals surface area contributed by atoms with Gasteiger partial charge in [-0.05, 0) is 25.7 Å². The summed E-state index contributed by atoms with van der Waals surface area (Å²) < 4.78 is 17.9. The number of hydrogen-bond acceptors (Lipinski definition) is 5. The molecule has 0 bridgehead atoms. The first-order valence-electron chi connectivity index (χ1n) is 8.88. The standard InChI is InChI=1S/C17H24FN3O2S/c18-6-3-14(22)21-7-5-17(12-21)4-1-2-13-15(17)19-16(24-13)20-8-10-23-11-9-20/h1-12H2. The van der Waals surface area contributed by atoms with Crippen molar-refractivity contribution in [2.45, 2.75) is 37.5 Å². The summed E-state index contributed by atoms with van der Waals surface area (Å²) in [6, 6.07) is 0. The van der Waals surface area contributed by atoms with Crippen molar-refractivity contribution in [3.63, 3.8) is 0 Å². The molecule has 132 valence electrons. The zero-order valence-electron chi connectivity index (χ0n) is 13.9. The lowest BCUT2D eigenvalue weighted by Gasteiger charge is -2.32. The summed E-state index contributed by atoms with van der Waals surface area (Å²) in [5.41, 5.74) is 1.22. The molecule has 0 N–H and O–H groups in total. The smallest absolute Gasteiger partial charge is 0.225 e. The Labute approximate surface area is 145 Å².